The molecule has 1 saturated heterocycles. The average molecular weight is 303 g/mol. The molecule has 0 radical (unpaired) electrons. The van der Waals surface area contributed by atoms with Gasteiger partial charge in [-0.1, -0.05) is 17.2 Å². The Labute approximate surface area is 129 Å². The van der Waals surface area contributed by atoms with E-state index in [-0.39, 0.29) is 12.1 Å². The summed E-state index contributed by atoms with van der Waals surface area (Å²) in [7, 11) is -0.585. The highest BCUT2D eigenvalue weighted by Crippen LogP contribution is 2.36. The maximum Gasteiger partial charge on any atom is 0.494 e. The van der Waals surface area contributed by atoms with Crippen LogP contribution in [-0.4, -0.2) is 29.4 Å². The number of azide groups is 1. The number of nitrogens with zero attached hydrogens (tertiary/aromatic N) is 3. The summed E-state index contributed by atoms with van der Waals surface area (Å²) in [6, 6.07) is 4.79. The van der Waals surface area contributed by atoms with E-state index in [1.165, 1.54) is 6.07 Å². The van der Waals surface area contributed by atoms with E-state index in [1.54, 1.807) is 12.1 Å². The van der Waals surface area contributed by atoms with E-state index in [0.29, 0.717) is 11.0 Å². The van der Waals surface area contributed by atoms with Crippen molar-refractivity contribution in [1.82, 2.24) is 0 Å². The lowest BCUT2D eigenvalue weighted by molar-refractivity contribution is 0.00578. The van der Waals surface area contributed by atoms with Gasteiger partial charge in [-0.2, -0.15) is 0 Å². The highest BCUT2D eigenvalue weighted by atomic mass is 16.7. The molecule has 0 amide bonds. The van der Waals surface area contributed by atoms with E-state index < -0.39 is 24.3 Å². The Bertz CT molecular complexity index is 637. The summed E-state index contributed by atoms with van der Waals surface area (Å²) >= 11 is 0. The van der Waals surface area contributed by atoms with Crippen molar-refractivity contribution in [2.24, 2.45) is 5.11 Å². The topological polar surface area (TPSA) is 105 Å². The van der Waals surface area contributed by atoms with Gasteiger partial charge in [0.2, 0.25) is 0 Å². The van der Waals surface area contributed by atoms with Crippen LogP contribution in [0.15, 0.2) is 23.3 Å². The molecule has 7 nitrogen and oxygen atoms in total. The second kappa shape index (κ2) is 5.64. The predicted molar refractivity (Wildman–Crippen MR) is 82.0 cm³/mol. The fourth-order valence-electron chi connectivity index (χ4n) is 2.19. The standard InChI is InChI=1S/C14H18BN3O4/c1-13(2)14(3,4)22-15(21-13)10-5-6-11(12(19)20)9(7-10)8-17-18-16/h5-7H,8H2,1-4H3,(H,19,20). The molecule has 22 heavy (non-hydrogen) atoms. The lowest BCUT2D eigenvalue weighted by Gasteiger charge is -2.32. The van der Waals surface area contributed by atoms with E-state index >= 15 is 0 Å². The summed E-state index contributed by atoms with van der Waals surface area (Å²) in [4.78, 5) is 13.9. The van der Waals surface area contributed by atoms with Crippen LogP contribution in [-0.2, 0) is 15.9 Å². The average Bonchev–Trinajstić information content (AvgIpc) is 2.64. The van der Waals surface area contributed by atoms with Crippen LogP contribution in [0.5, 0.6) is 0 Å². The van der Waals surface area contributed by atoms with Gasteiger partial charge in [0, 0.05) is 4.91 Å². The zero-order valence-corrected chi connectivity index (χ0v) is 13.0. The number of carboxylic acid groups (broad SMARTS) is 1. The van der Waals surface area contributed by atoms with Gasteiger partial charge in [-0.25, -0.2) is 4.79 Å². The summed E-state index contributed by atoms with van der Waals surface area (Å²) in [5.74, 6) is -1.07. The molecular formula is C14H18BN3O4. The first-order valence-corrected chi connectivity index (χ1v) is 6.90. The van der Waals surface area contributed by atoms with Gasteiger partial charge in [-0.3, -0.25) is 0 Å². The molecule has 116 valence electrons. The molecule has 1 aromatic carbocycles. The van der Waals surface area contributed by atoms with Crippen LogP contribution >= 0.6 is 0 Å². The molecule has 1 heterocycles. The molecule has 0 saturated carbocycles. The van der Waals surface area contributed by atoms with E-state index in [4.69, 9.17) is 14.8 Å². The van der Waals surface area contributed by atoms with Crippen molar-refractivity contribution in [3.05, 3.63) is 39.8 Å². The number of hydrogen-bond acceptors (Lipinski definition) is 4. The third-order valence-corrected chi connectivity index (χ3v) is 4.19. The molecule has 8 heteroatoms. The van der Waals surface area contributed by atoms with Gasteiger partial charge in [0.1, 0.15) is 0 Å². The van der Waals surface area contributed by atoms with Crippen molar-refractivity contribution >= 4 is 18.6 Å². The molecule has 1 aliphatic rings. The first-order chi connectivity index (χ1) is 10.2. The van der Waals surface area contributed by atoms with Crippen molar-refractivity contribution in [2.45, 2.75) is 45.4 Å². The molecule has 0 atom stereocenters. The van der Waals surface area contributed by atoms with E-state index in [9.17, 15) is 9.90 Å². The monoisotopic (exact) mass is 303 g/mol. The Morgan fingerprint density at radius 2 is 1.91 bits per heavy atom. The Hall–Kier alpha value is -2.02. The third-order valence-electron chi connectivity index (χ3n) is 4.19. The van der Waals surface area contributed by atoms with Crippen molar-refractivity contribution in [3.8, 4) is 0 Å². The molecule has 0 aromatic heterocycles. The Morgan fingerprint density at radius 3 is 2.41 bits per heavy atom. The molecule has 1 aromatic rings. The van der Waals surface area contributed by atoms with Crippen LogP contribution in [0, 0.1) is 0 Å². The quantitative estimate of drug-likeness (QED) is 0.399. The Kier molecular flexibility index (Phi) is 4.20. The summed E-state index contributed by atoms with van der Waals surface area (Å²) in [6.07, 6.45) is 0. The largest absolute Gasteiger partial charge is 0.494 e. The number of benzene rings is 1. The second-order valence-corrected chi connectivity index (χ2v) is 6.20. The van der Waals surface area contributed by atoms with Crippen molar-refractivity contribution in [1.29, 1.82) is 0 Å². The van der Waals surface area contributed by atoms with Gasteiger partial charge in [0.25, 0.3) is 0 Å². The summed E-state index contributed by atoms with van der Waals surface area (Å²) in [5.41, 5.74) is 8.71. The molecule has 1 fully saturated rings. The Balaban J connectivity index is 2.37. The van der Waals surface area contributed by atoms with E-state index in [2.05, 4.69) is 10.0 Å². The summed E-state index contributed by atoms with van der Waals surface area (Å²) in [6.45, 7) is 7.74. The minimum atomic E-state index is -1.07. The SMILES string of the molecule is CC1(C)OB(c2ccc(C(=O)O)c(CN=[N+]=[N-])c2)OC1(C)C. The normalized spacial score (nSPS) is 18.8. The first kappa shape index (κ1) is 16.4. The maximum absolute atomic E-state index is 11.2. The zero-order valence-electron chi connectivity index (χ0n) is 13.0. The van der Waals surface area contributed by atoms with Gasteiger partial charge >= 0.3 is 13.1 Å². The number of carbonyl (C=O) groups is 1. The van der Waals surface area contributed by atoms with Crippen LogP contribution in [0.3, 0.4) is 0 Å². The Morgan fingerprint density at radius 1 is 1.32 bits per heavy atom. The second-order valence-electron chi connectivity index (χ2n) is 6.20. The molecular weight excluding hydrogens is 285 g/mol. The van der Waals surface area contributed by atoms with E-state index in [1.807, 2.05) is 27.7 Å². The molecule has 1 N–H and O–H groups in total. The predicted octanol–water partition coefficient (Wildman–Crippen LogP) is 2.49. The molecule has 0 bridgehead atoms. The number of carboxylic acids is 1. The molecule has 2 rings (SSSR count). The van der Waals surface area contributed by atoms with Crippen molar-refractivity contribution in [2.75, 3.05) is 0 Å². The summed E-state index contributed by atoms with van der Waals surface area (Å²) < 4.78 is 11.9. The van der Waals surface area contributed by atoms with Gasteiger partial charge in [0.15, 0.2) is 0 Å². The summed E-state index contributed by atoms with van der Waals surface area (Å²) in [5, 5.41) is 12.6. The van der Waals surface area contributed by atoms with Crippen molar-refractivity contribution < 1.29 is 19.2 Å². The number of aromatic carboxylic acids is 1. The zero-order chi connectivity index (χ0) is 16.5. The van der Waals surface area contributed by atoms with Gasteiger partial charge < -0.3 is 14.4 Å². The highest BCUT2D eigenvalue weighted by Gasteiger charge is 2.51. The van der Waals surface area contributed by atoms with Crippen molar-refractivity contribution in [3.63, 3.8) is 0 Å². The fourth-order valence-corrected chi connectivity index (χ4v) is 2.19. The number of hydrogen-bond donors (Lipinski definition) is 1. The fraction of sp³-hybridized carbons (Fsp3) is 0.500. The molecule has 0 unspecified atom stereocenters. The van der Waals surface area contributed by atoms with Crippen LogP contribution in [0.4, 0.5) is 0 Å². The van der Waals surface area contributed by atoms with Gasteiger partial charge in [-0.05, 0) is 50.3 Å². The third kappa shape index (κ3) is 2.94. The van der Waals surface area contributed by atoms with Gasteiger partial charge in [-0.15, -0.1) is 0 Å². The van der Waals surface area contributed by atoms with Crippen LogP contribution < -0.4 is 5.46 Å². The minimum absolute atomic E-state index is 0.0362. The highest BCUT2D eigenvalue weighted by molar-refractivity contribution is 6.62. The lowest BCUT2D eigenvalue weighted by atomic mass is 9.77. The van der Waals surface area contributed by atoms with Crippen LogP contribution in [0.1, 0.15) is 43.6 Å². The minimum Gasteiger partial charge on any atom is -0.478 e. The first-order valence-electron chi connectivity index (χ1n) is 6.90. The molecule has 1 aliphatic heterocycles. The lowest BCUT2D eigenvalue weighted by Crippen LogP contribution is -2.41. The number of rotatable bonds is 4. The van der Waals surface area contributed by atoms with Gasteiger partial charge in [0.05, 0.1) is 23.3 Å². The van der Waals surface area contributed by atoms with E-state index in [0.717, 1.165) is 0 Å². The molecule has 0 spiro atoms. The molecule has 0 aliphatic carbocycles. The maximum atomic E-state index is 11.2. The smallest absolute Gasteiger partial charge is 0.478 e. The van der Waals surface area contributed by atoms with Crippen LogP contribution in [0.2, 0.25) is 0 Å². The van der Waals surface area contributed by atoms with Crippen LogP contribution in [0.25, 0.3) is 10.4 Å².